The largest absolute Gasteiger partial charge is 0.370 e. The minimum atomic E-state index is -0.418. The molecular formula is C10H14ClN3O. The summed E-state index contributed by atoms with van der Waals surface area (Å²) in [6.45, 7) is 2.09. The molecule has 1 fully saturated rings. The zero-order valence-corrected chi connectivity index (χ0v) is 9.17. The van der Waals surface area contributed by atoms with Crippen molar-refractivity contribution in [2.24, 2.45) is 5.73 Å². The second-order valence-electron chi connectivity index (χ2n) is 3.49. The zero-order valence-electron chi connectivity index (χ0n) is 8.35. The van der Waals surface area contributed by atoms with Crippen LogP contribution in [-0.2, 0) is 0 Å². The number of amides is 1. The highest BCUT2D eigenvalue weighted by Gasteiger charge is 2.13. The number of aromatic nitrogens is 1. The van der Waals surface area contributed by atoms with Gasteiger partial charge in [-0.2, -0.15) is 0 Å². The SMILES string of the molecule is Cl.NC(=O)c1cncc(N2CCCC2)c1. The number of nitrogens with two attached hydrogens (primary N) is 1. The summed E-state index contributed by atoms with van der Waals surface area (Å²) in [6.07, 6.45) is 5.70. The van der Waals surface area contributed by atoms with Crippen LogP contribution in [0.25, 0.3) is 0 Å². The Morgan fingerprint density at radius 3 is 2.60 bits per heavy atom. The molecule has 0 radical (unpaired) electrons. The molecule has 1 aliphatic rings. The third kappa shape index (κ3) is 2.59. The highest BCUT2D eigenvalue weighted by atomic mass is 35.5. The smallest absolute Gasteiger partial charge is 0.250 e. The Morgan fingerprint density at radius 2 is 2.00 bits per heavy atom. The quantitative estimate of drug-likeness (QED) is 0.826. The number of hydrogen-bond acceptors (Lipinski definition) is 3. The van der Waals surface area contributed by atoms with Crippen molar-refractivity contribution in [2.75, 3.05) is 18.0 Å². The molecule has 2 N–H and O–H groups in total. The molecule has 1 saturated heterocycles. The summed E-state index contributed by atoms with van der Waals surface area (Å²) in [7, 11) is 0. The highest BCUT2D eigenvalue weighted by Crippen LogP contribution is 2.19. The van der Waals surface area contributed by atoms with Crippen LogP contribution in [0, 0.1) is 0 Å². The molecule has 0 saturated carbocycles. The average molecular weight is 228 g/mol. The van der Waals surface area contributed by atoms with E-state index in [9.17, 15) is 4.79 Å². The first-order valence-electron chi connectivity index (χ1n) is 4.77. The summed E-state index contributed by atoms with van der Waals surface area (Å²) in [6, 6.07) is 1.81. The minimum absolute atomic E-state index is 0. The van der Waals surface area contributed by atoms with Crippen LogP contribution in [0.3, 0.4) is 0 Å². The molecule has 1 aromatic rings. The zero-order chi connectivity index (χ0) is 9.97. The van der Waals surface area contributed by atoms with Gasteiger partial charge in [-0.3, -0.25) is 9.78 Å². The second-order valence-corrected chi connectivity index (χ2v) is 3.49. The minimum Gasteiger partial charge on any atom is -0.370 e. The van der Waals surface area contributed by atoms with Crippen molar-refractivity contribution in [2.45, 2.75) is 12.8 Å². The number of anilines is 1. The third-order valence-corrected chi connectivity index (χ3v) is 2.48. The van der Waals surface area contributed by atoms with Crippen LogP contribution in [0.5, 0.6) is 0 Å². The van der Waals surface area contributed by atoms with Crippen molar-refractivity contribution in [3.05, 3.63) is 24.0 Å². The third-order valence-electron chi connectivity index (χ3n) is 2.48. The van der Waals surface area contributed by atoms with Crippen LogP contribution >= 0.6 is 12.4 Å². The average Bonchev–Trinajstić information content (AvgIpc) is 2.71. The van der Waals surface area contributed by atoms with Crippen LogP contribution in [-0.4, -0.2) is 24.0 Å². The molecule has 1 amide bonds. The Hall–Kier alpha value is -1.29. The van der Waals surface area contributed by atoms with Crippen LogP contribution in [0.1, 0.15) is 23.2 Å². The maximum atomic E-state index is 10.9. The van der Waals surface area contributed by atoms with Gasteiger partial charge in [-0.1, -0.05) is 0 Å². The number of pyridine rings is 1. The number of rotatable bonds is 2. The van der Waals surface area contributed by atoms with Crippen molar-refractivity contribution >= 4 is 24.0 Å². The first kappa shape index (κ1) is 11.8. The number of nitrogens with zero attached hydrogens (tertiary/aromatic N) is 2. The van der Waals surface area contributed by atoms with E-state index < -0.39 is 5.91 Å². The second kappa shape index (κ2) is 4.98. The van der Waals surface area contributed by atoms with Crippen molar-refractivity contribution < 1.29 is 4.79 Å². The van der Waals surface area contributed by atoms with Gasteiger partial charge >= 0.3 is 0 Å². The van der Waals surface area contributed by atoms with Crippen LogP contribution in [0.4, 0.5) is 5.69 Å². The molecule has 0 unspecified atom stereocenters. The van der Waals surface area contributed by atoms with Gasteiger partial charge in [-0.05, 0) is 18.9 Å². The van der Waals surface area contributed by atoms with Crippen molar-refractivity contribution in [1.29, 1.82) is 0 Å². The summed E-state index contributed by atoms with van der Waals surface area (Å²) in [4.78, 5) is 17.2. The van der Waals surface area contributed by atoms with Gasteiger partial charge in [0.2, 0.25) is 5.91 Å². The molecule has 0 aliphatic carbocycles. The van der Waals surface area contributed by atoms with Crippen LogP contribution < -0.4 is 10.6 Å². The van der Waals surface area contributed by atoms with E-state index in [0.29, 0.717) is 5.56 Å². The molecule has 2 rings (SSSR count). The number of hydrogen-bond donors (Lipinski definition) is 1. The van der Waals surface area contributed by atoms with E-state index in [4.69, 9.17) is 5.73 Å². The van der Waals surface area contributed by atoms with E-state index in [2.05, 4.69) is 9.88 Å². The van der Waals surface area contributed by atoms with Gasteiger partial charge in [0.1, 0.15) is 0 Å². The number of halogens is 1. The topological polar surface area (TPSA) is 59.2 Å². The summed E-state index contributed by atoms with van der Waals surface area (Å²) in [5, 5.41) is 0. The number of primary amides is 1. The van der Waals surface area contributed by atoms with Gasteiger partial charge in [-0.15, -0.1) is 12.4 Å². The van der Waals surface area contributed by atoms with Gasteiger partial charge in [0.15, 0.2) is 0 Å². The van der Waals surface area contributed by atoms with E-state index >= 15 is 0 Å². The Bertz CT molecular complexity index is 350. The summed E-state index contributed by atoms with van der Waals surface area (Å²) < 4.78 is 0. The van der Waals surface area contributed by atoms with E-state index in [-0.39, 0.29) is 12.4 Å². The fourth-order valence-corrected chi connectivity index (χ4v) is 1.71. The fraction of sp³-hybridized carbons (Fsp3) is 0.400. The van der Waals surface area contributed by atoms with Crippen molar-refractivity contribution in [1.82, 2.24) is 4.98 Å². The lowest BCUT2D eigenvalue weighted by Gasteiger charge is -2.16. The molecule has 15 heavy (non-hydrogen) atoms. The van der Waals surface area contributed by atoms with E-state index in [1.165, 1.54) is 19.0 Å². The number of carbonyl (C=O) groups is 1. The molecule has 0 spiro atoms. The molecule has 2 heterocycles. The predicted molar refractivity (Wildman–Crippen MR) is 61.4 cm³/mol. The molecule has 1 aliphatic heterocycles. The first-order chi connectivity index (χ1) is 6.77. The first-order valence-corrected chi connectivity index (χ1v) is 4.77. The van der Waals surface area contributed by atoms with Gasteiger partial charge < -0.3 is 10.6 Å². The summed E-state index contributed by atoms with van der Waals surface area (Å²) >= 11 is 0. The molecular weight excluding hydrogens is 214 g/mol. The van der Waals surface area contributed by atoms with Gasteiger partial charge in [0.05, 0.1) is 17.4 Å². The molecule has 0 aromatic carbocycles. The summed E-state index contributed by atoms with van der Waals surface area (Å²) in [5.74, 6) is -0.418. The molecule has 4 nitrogen and oxygen atoms in total. The normalized spacial score (nSPS) is 14.8. The van der Waals surface area contributed by atoms with E-state index in [0.717, 1.165) is 18.8 Å². The highest BCUT2D eigenvalue weighted by molar-refractivity contribution is 5.93. The maximum absolute atomic E-state index is 10.9. The lowest BCUT2D eigenvalue weighted by Crippen LogP contribution is -2.19. The molecule has 0 bridgehead atoms. The van der Waals surface area contributed by atoms with Crippen molar-refractivity contribution in [3.8, 4) is 0 Å². The van der Waals surface area contributed by atoms with E-state index in [1.54, 1.807) is 12.3 Å². The molecule has 1 aromatic heterocycles. The lowest BCUT2D eigenvalue weighted by atomic mass is 10.2. The lowest BCUT2D eigenvalue weighted by molar-refractivity contribution is 0.1000. The van der Waals surface area contributed by atoms with Gasteiger partial charge in [-0.25, -0.2) is 0 Å². The molecule has 82 valence electrons. The number of carbonyl (C=O) groups excluding carboxylic acids is 1. The molecule has 0 atom stereocenters. The van der Waals surface area contributed by atoms with Gasteiger partial charge in [0.25, 0.3) is 0 Å². The van der Waals surface area contributed by atoms with Crippen molar-refractivity contribution in [3.63, 3.8) is 0 Å². The molecule has 5 heteroatoms. The fourth-order valence-electron chi connectivity index (χ4n) is 1.71. The Morgan fingerprint density at radius 1 is 1.33 bits per heavy atom. The Kier molecular flexibility index (Phi) is 3.91. The Balaban J connectivity index is 0.00000112. The summed E-state index contributed by atoms with van der Waals surface area (Å²) in [5.41, 5.74) is 6.66. The standard InChI is InChI=1S/C10H13N3O.ClH/c11-10(14)8-5-9(7-12-6-8)13-3-1-2-4-13;/h5-7H,1-4H2,(H2,11,14);1H. The predicted octanol–water partition coefficient (Wildman–Crippen LogP) is 1.20. The Labute approximate surface area is 94.9 Å². The van der Waals surface area contributed by atoms with Crippen LogP contribution in [0.2, 0.25) is 0 Å². The monoisotopic (exact) mass is 227 g/mol. The van der Waals surface area contributed by atoms with E-state index in [1.807, 2.05) is 0 Å². The maximum Gasteiger partial charge on any atom is 0.250 e. The van der Waals surface area contributed by atoms with Gasteiger partial charge in [0, 0.05) is 19.3 Å². The van der Waals surface area contributed by atoms with Crippen LogP contribution in [0.15, 0.2) is 18.5 Å².